The second-order valence-electron chi connectivity index (χ2n) is 5.43. The van der Waals surface area contributed by atoms with Gasteiger partial charge in [0.1, 0.15) is 0 Å². The molecule has 1 fully saturated rings. The van der Waals surface area contributed by atoms with Gasteiger partial charge in [-0.3, -0.25) is 4.68 Å². The number of hydrogen-bond acceptors (Lipinski definition) is 1. The third kappa shape index (κ3) is 2.87. The van der Waals surface area contributed by atoms with Gasteiger partial charge in [0.2, 0.25) is 0 Å². The van der Waals surface area contributed by atoms with Crippen LogP contribution in [-0.4, -0.2) is 9.78 Å². The fourth-order valence-electron chi connectivity index (χ4n) is 2.80. The summed E-state index contributed by atoms with van der Waals surface area (Å²) < 4.78 is 2.21. The normalized spacial score (nSPS) is 18.2. The Hall–Kier alpha value is -0.790. The Morgan fingerprint density at radius 3 is 2.75 bits per heavy atom. The maximum absolute atomic E-state index is 4.44. The van der Waals surface area contributed by atoms with Crippen LogP contribution in [0.25, 0.3) is 0 Å². The van der Waals surface area contributed by atoms with Crippen molar-refractivity contribution in [3.05, 3.63) is 18.0 Å². The number of aromatic nitrogens is 2. The highest BCUT2D eigenvalue weighted by Crippen LogP contribution is 2.27. The summed E-state index contributed by atoms with van der Waals surface area (Å²) in [7, 11) is 0. The molecule has 90 valence electrons. The van der Waals surface area contributed by atoms with Crippen LogP contribution in [0.4, 0.5) is 0 Å². The second kappa shape index (κ2) is 5.51. The molecular weight excluding hydrogens is 196 g/mol. The Morgan fingerprint density at radius 2 is 2.06 bits per heavy atom. The van der Waals surface area contributed by atoms with Crippen molar-refractivity contribution >= 4 is 0 Å². The molecular formula is C14H24N2. The van der Waals surface area contributed by atoms with Crippen molar-refractivity contribution in [1.82, 2.24) is 9.78 Å². The second-order valence-corrected chi connectivity index (χ2v) is 5.43. The van der Waals surface area contributed by atoms with Crippen molar-refractivity contribution in [2.45, 2.75) is 64.8 Å². The van der Waals surface area contributed by atoms with E-state index in [1.165, 1.54) is 44.2 Å². The molecule has 0 N–H and O–H groups in total. The third-order valence-electron chi connectivity index (χ3n) is 3.81. The Bertz CT molecular complexity index is 308. The van der Waals surface area contributed by atoms with Gasteiger partial charge in [0, 0.05) is 18.4 Å². The molecule has 1 aromatic rings. The maximum Gasteiger partial charge on any atom is 0.0492 e. The van der Waals surface area contributed by atoms with E-state index in [9.17, 15) is 0 Å². The van der Waals surface area contributed by atoms with E-state index in [1.54, 1.807) is 0 Å². The summed E-state index contributed by atoms with van der Waals surface area (Å²) in [6.07, 6.45) is 10.5. The van der Waals surface area contributed by atoms with Gasteiger partial charge < -0.3 is 0 Å². The molecule has 1 aliphatic carbocycles. The van der Waals surface area contributed by atoms with Crippen molar-refractivity contribution in [3.8, 4) is 0 Å². The summed E-state index contributed by atoms with van der Waals surface area (Å²) >= 11 is 0. The van der Waals surface area contributed by atoms with Gasteiger partial charge in [0.25, 0.3) is 0 Å². The molecule has 2 rings (SSSR count). The van der Waals surface area contributed by atoms with E-state index in [2.05, 4.69) is 29.7 Å². The maximum atomic E-state index is 4.44. The lowest BCUT2D eigenvalue weighted by molar-refractivity contribution is 0.316. The quantitative estimate of drug-likeness (QED) is 0.750. The Morgan fingerprint density at radius 1 is 1.31 bits per heavy atom. The van der Waals surface area contributed by atoms with Crippen molar-refractivity contribution in [3.63, 3.8) is 0 Å². The van der Waals surface area contributed by atoms with Crippen LogP contribution in [0.3, 0.4) is 0 Å². The zero-order valence-electron chi connectivity index (χ0n) is 10.7. The molecule has 2 heteroatoms. The van der Waals surface area contributed by atoms with Crippen LogP contribution in [0.1, 0.15) is 64.0 Å². The molecule has 0 bridgehead atoms. The van der Waals surface area contributed by atoms with Crippen LogP contribution in [0.5, 0.6) is 0 Å². The summed E-state index contributed by atoms with van der Waals surface area (Å²) in [5.41, 5.74) is 1.39. The average molecular weight is 220 g/mol. The molecule has 1 aliphatic rings. The molecule has 1 aromatic heterocycles. The van der Waals surface area contributed by atoms with Gasteiger partial charge in [0.05, 0.1) is 0 Å². The molecule has 16 heavy (non-hydrogen) atoms. The van der Waals surface area contributed by atoms with Gasteiger partial charge in [-0.25, -0.2) is 0 Å². The highest BCUT2D eigenvalue weighted by atomic mass is 15.3. The number of nitrogens with zero attached hydrogens (tertiary/aromatic N) is 2. The summed E-state index contributed by atoms with van der Waals surface area (Å²) in [6, 6.07) is 2.16. The minimum Gasteiger partial charge on any atom is -0.269 e. The zero-order valence-corrected chi connectivity index (χ0v) is 10.7. The first-order valence-electron chi connectivity index (χ1n) is 6.79. The molecule has 2 nitrogen and oxygen atoms in total. The lowest BCUT2D eigenvalue weighted by atomic mass is 9.87. The van der Waals surface area contributed by atoms with Crippen LogP contribution in [-0.2, 0) is 6.54 Å². The number of aryl methyl sites for hydroxylation is 1. The predicted octanol–water partition coefficient (Wildman–Crippen LogP) is 3.98. The van der Waals surface area contributed by atoms with E-state index in [1.807, 2.05) is 6.20 Å². The van der Waals surface area contributed by atoms with Crippen LogP contribution in [0.2, 0.25) is 0 Å². The Kier molecular flexibility index (Phi) is 4.03. The third-order valence-corrected chi connectivity index (χ3v) is 3.81. The van der Waals surface area contributed by atoms with Crippen molar-refractivity contribution in [1.29, 1.82) is 0 Å². The fourth-order valence-corrected chi connectivity index (χ4v) is 2.80. The van der Waals surface area contributed by atoms with E-state index in [-0.39, 0.29) is 0 Å². The summed E-state index contributed by atoms with van der Waals surface area (Å²) in [5, 5.41) is 4.44. The zero-order chi connectivity index (χ0) is 11.4. The molecule has 0 unspecified atom stereocenters. The highest BCUT2D eigenvalue weighted by Gasteiger charge is 2.14. The summed E-state index contributed by atoms with van der Waals surface area (Å²) in [6.45, 7) is 5.60. The molecule has 1 saturated carbocycles. The molecule has 0 saturated heterocycles. The lowest BCUT2D eigenvalue weighted by Gasteiger charge is -2.22. The van der Waals surface area contributed by atoms with Gasteiger partial charge in [0.15, 0.2) is 0 Å². The molecule has 1 heterocycles. The predicted molar refractivity (Wildman–Crippen MR) is 67.5 cm³/mol. The van der Waals surface area contributed by atoms with E-state index in [0.29, 0.717) is 5.92 Å². The number of rotatable bonds is 4. The van der Waals surface area contributed by atoms with Gasteiger partial charge in [-0.05, 0) is 24.3 Å². The van der Waals surface area contributed by atoms with E-state index in [0.717, 1.165) is 12.5 Å². The van der Waals surface area contributed by atoms with E-state index in [4.69, 9.17) is 0 Å². The summed E-state index contributed by atoms with van der Waals surface area (Å²) in [4.78, 5) is 0. The van der Waals surface area contributed by atoms with Crippen molar-refractivity contribution in [2.75, 3.05) is 0 Å². The fraction of sp³-hybridized carbons (Fsp3) is 0.786. The van der Waals surface area contributed by atoms with Gasteiger partial charge in [-0.1, -0.05) is 46.0 Å². The molecule has 0 atom stereocenters. The summed E-state index contributed by atoms with van der Waals surface area (Å²) in [5.74, 6) is 1.55. The lowest BCUT2D eigenvalue weighted by Crippen LogP contribution is -2.13. The first-order chi connectivity index (χ1) is 7.77. The SMILES string of the molecule is CC(C)c1ccnn1CCC1CCCCC1. The highest BCUT2D eigenvalue weighted by molar-refractivity contribution is 5.05. The van der Waals surface area contributed by atoms with Gasteiger partial charge in [-0.2, -0.15) is 5.10 Å². The standard InChI is InChI=1S/C14H24N2/c1-12(2)14-8-10-15-16(14)11-9-13-6-4-3-5-7-13/h8,10,12-13H,3-7,9,11H2,1-2H3. The van der Waals surface area contributed by atoms with Gasteiger partial charge in [-0.15, -0.1) is 0 Å². The average Bonchev–Trinajstić information content (AvgIpc) is 2.76. The van der Waals surface area contributed by atoms with E-state index < -0.39 is 0 Å². The molecule has 0 aliphatic heterocycles. The van der Waals surface area contributed by atoms with Crippen molar-refractivity contribution in [2.24, 2.45) is 5.92 Å². The molecule has 0 aromatic carbocycles. The van der Waals surface area contributed by atoms with Gasteiger partial charge >= 0.3 is 0 Å². The smallest absolute Gasteiger partial charge is 0.0492 e. The molecule has 0 amide bonds. The molecule has 0 radical (unpaired) electrons. The van der Waals surface area contributed by atoms with E-state index >= 15 is 0 Å². The minimum atomic E-state index is 0.592. The first kappa shape index (κ1) is 11.7. The van der Waals surface area contributed by atoms with Crippen LogP contribution in [0.15, 0.2) is 12.3 Å². The van der Waals surface area contributed by atoms with Crippen molar-refractivity contribution < 1.29 is 0 Å². The van der Waals surface area contributed by atoms with Crippen LogP contribution >= 0.6 is 0 Å². The Balaban J connectivity index is 1.86. The largest absolute Gasteiger partial charge is 0.269 e. The van der Waals surface area contributed by atoms with Crippen LogP contribution in [0, 0.1) is 5.92 Å². The molecule has 0 spiro atoms. The minimum absolute atomic E-state index is 0.592. The monoisotopic (exact) mass is 220 g/mol. The first-order valence-corrected chi connectivity index (χ1v) is 6.79. The van der Waals surface area contributed by atoms with Crippen LogP contribution < -0.4 is 0 Å². The Labute approximate surface area is 99.0 Å². The number of hydrogen-bond donors (Lipinski definition) is 0. The topological polar surface area (TPSA) is 17.8 Å².